The lowest BCUT2D eigenvalue weighted by molar-refractivity contribution is -0.137. The van der Waals surface area contributed by atoms with Crippen molar-refractivity contribution in [2.24, 2.45) is 5.92 Å². The zero-order chi connectivity index (χ0) is 23.8. The van der Waals surface area contributed by atoms with Crippen LogP contribution in [0.4, 0.5) is 23.2 Å². The van der Waals surface area contributed by atoms with Crippen molar-refractivity contribution in [2.75, 3.05) is 24.5 Å². The first-order valence-electron chi connectivity index (χ1n) is 11.4. The van der Waals surface area contributed by atoms with E-state index >= 15 is 0 Å². The summed E-state index contributed by atoms with van der Waals surface area (Å²) in [5.74, 6) is -0.857. The largest absolute Gasteiger partial charge is 0.416 e. The van der Waals surface area contributed by atoms with Crippen LogP contribution in [0.25, 0.3) is 0 Å². The van der Waals surface area contributed by atoms with E-state index in [9.17, 15) is 22.4 Å². The monoisotopic (exact) mass is 463 g/mol. The number of halogens is 4. The Labute approximate surface area is 191 Å². The van der Waals surface area contributed by atoms with Crippen LogP contribution in [0.15, 0.2) is 42.5 Å². The fraction of sp³-hybridized carbons (Fsp3) is 0.480. The summed E-state index contributed by atoms with van der Waals surface area (Å²) in [6, 6.07) is 10.1. The number of nitrogens with zero attached hydrogens (tertiary/aromatic N) is 2. The van der Waals surface area contributed by atoms with Crippen molar-refractivity contribution < 1.29 is 22.4 Å². The topological polar surface area (TPSA) is 35.6 Å². The number of nitrogens with one attached hydrogen (secondary N) is 1. The summed E-state index contributed by atoms with van der Waals surface area (Å²) in [4.78, 5) is 17.5. The van der Waals surface area contributed by atoms with E-state index in [0.717, 1.165) is 23.7 Å². The molecule has 2 aromatic carbocycles. The number of benzene rings is 2. The van der Waals surface area contributed by atoms with Gasteiger partial charge in [-0.05, 0) is 61.2 Å². The van der Waals surface area contributed by atoms with E-state index in [1.807, 2.05) is 13.8 Å². The Kier molecular flexibility index (Phi) is 6.66. The Morgan fingerprint density at radius 3 is 2.55 bits per heavy atom. The van der Waals surface area contributed by atoms with Crippen molar-refractivity contribution in [3.8, 4) is 0 Å². The molecule has 0 radical (unpaired) electrons. The Hall–Kier alpha value is -2.61. The summed E-state index contributed by atoms with van der Waals surface area (Å²) < 4.78 is 53.2. The third-order valence-electron chi connectivity index (χ3n) is 6.78. The molecule has 2 aromatic rings. The van der Waals surface area contributed by atoms with Gasteiger partial charge in [-0.1, -0.05) is 19.1 Å². The minimum absolute atomic E-state index is 0.00670. The Balaban J connectivity index is 1.61. The summed E-state index contributed by atoms with van der Waals surface area (Å²) in [5.41, 5.74) is 1.64. The molecule has 3 atom stereocenters. The lowest BCUT2D eigenvalue weighted by Crippen LogP contribution is -2.61. The molecule has 8 heteroatoms. The van der Waals surface area contributed by atoms with Crippen LogP contribution in [-0.4, -0.2) is 42.5 Å². The maximum absolute atomic E-state index is 13.3. The molecule has 178 valence electrons. The number of fused-ring (bicyclic) bond motifs is 3. The molecule has 0 bridgehead atoms. The van der Waals surface area contributed by atoms with Gasteiger partial charge in [-0.3, -0.25) is 9.69 Å². The van der Waals surface area contributed by atoms with E-state index in [2.05, 4.69) is 15.1 Å². The first-order valence-corrected chi connectivity index (χ1v) is 11.4. The molecule has 2 aliphatic rings. The first kappa shape index (κ1) is 23.5. The molecule has 0 unspecified atom stereocenters. The van der Waals surface area contributed by atoms with Crippen molar-refractivity contribution in [1.29, 1.82) is 0 Å². The van der Waals surface area contributed by atoms with Crippen molar-refractivity contribution in [1.82, 2.24) is 10.2 Å². The molecule has 4 rings (SSSR count). The van der Waals surface area contributed by atoms with Crippen LogP contribution in [-0.2, 0) is 23.9 Å². The lowest BCUT2D eigenvalue weighted by Gasteiger charge is -2.49. The molecule has 2 heterocycles. The highest BCUT2D eigenvalue weighted by atomic mass is 19.4. The van der Waals surface area contributed by atoms with Gasteiger partial charge < -0.3 is 10.2 Å². The summed E-state index contributed by atoms with van der Waals surface area (Å²) in [6.45, 7) is 6.45. The zero-order valence-corrected chi connectivity index (χ0v) is 18.8. The van der Waals surface area contributed by atoms with E-state index in [0.29, 0.717) is 31.7 Å². The maximum atomic E-state index is 13.3. The second-order valence-electron chi connectivity index (χ2n) is 9.09. The lowest BCUT2D eigenvalue weighted by atomic mass is 9.82. The van der Waals surface area contributed by atoms with Gasteiger partial charge in [0.25, 0.3) is 0 Å². The first-order chi connectivity index (χ1) is 15.7. The van der Waals surface area contributed by atoms with E-state index in [-0.39, 0.29) is 30.2 Å². The second kappa shape index (κ2) is 9.33. The highest BCUT2D eigenvalue weighted by molar-refractivity contribution is 5.82. The molecule has 0 saturated carbocycles. The average molecular weight is 464 g/mol. The fourth-order valence-corrected chi connectivity index (χ4v) is 4.80. The van der Waals surface area contributed by atoms with Gasteiger partial charge in [0.1, 0.15) is 5.82 Å². The smallest absolute Gasteiger partial charge is 0.365 e. The molecule has 1 saturated heterocycles. The van der Waals surface area contributed by atoms with Crippen LogP contribution in [0.2, 0.25) is 0 Å². The molecule has 4 nitrogen and oxygen atoms in total. The second-order valence-corrected chi connectivity index (χ2v) is 9.09. The molecular weight excluding hydrogens is 434 g/mol. The third-order valence-corrected chi connectivity index (χ3v) is 6.78. The highest BCUT2D eigenvalue weighted by Crippen LogP contribution is 2.40. The maximum Gasteiger partial charge on any atom is 0.416 e. The number of hydrogen-bond acceptors (Lipinski definition) is 3. The van der Waals surface area contributed by atoms with Crippen molar-refractivity contribution in [2.45, 2.75) is 51.5 Å². The number of amides is 1. The van der Waals surface area contributed by atoms with Gasteiger partial charge in [-0.15, -0.1) is 0 Å². The number of alkyl halides is 3. The normalized spacial score (nSPS) is 21.8. The van der Waals surface area contributed by atoms with Crippen LogP contribution in [0.5, 0.6) is 0 Å². The van der Waals surface area contributed by atoms with Gasteiger partial charge in [0, 0.05) is 37.9 Å². The van der Waals surface area contributed by atoms with E-state index in [1.165, 1.54) is 18.2 Å². The SMILES string of the molecule is CC[C@H](C)NC(=O)[C@H]1Cc2cc(C(F)(F)F)ccc2N2CCN(Cc3ccc(F)cc3)C[C@@H]12. The molecule has 1 fully saturated rings. The number of carbonyl (C=O) groups excluding carboxylic acids is 1. The quantitative estimate of drug-likeness (QED) is 0.658. The standard InChI is InChI=1S/C25H29F4N3O/c1-3-16(2)30-24(33)21-13-18-12-19(25(27,28)29)6-9-22(18)32-11-10-31(15-23(21)32)14-17-4-7-20(26)8-5-17/h4-9,12,16,21,23H,3,10-11,13-15H2,1-2H3,(H,30,33)/t16-,21-,23-/m0/s1. The molecule has 0 spiro atoms. The zero-order valence-electron chi connectivity index (χ0n) is 18.8. The average Bonchev–Trinajstić information content (AvgIpc) is 2.78. The predicted octanol–water partition coefficient (Wildman–Crippen LogP) is 4.62. The van der Waals surface area contributed by atoms with Crippen molar-refractivity contribution >= 4 is 11.6 Å². The van der Waals surface area contributed by atoms with Crippen molar-refractivity contribution in [3.05, 3.63) is 65.0 Å². The number of piperazine rings is 1. The molecule has 0 aliphatic carbocycles. The minimum atomic E-state index is -4.42. The van der Waals surface area contributed by atoms with Crippen LogP contribution >= 0.6 is 0 Å². The predicted molar refractivity (Wildman–Crippen MR) is 119 cm³/mol. The number of hydrogen-bond donors (Lipinski definition) is 1. The van der Waals surface area contributed by atoms with Crippen LogP contribution in [0.3, 0.4) is 0 Å². The number of rotatable bonds is 5. The van der Waals surface area contributed by atoms with Crippen LogP contribution < -0.4 is 10.2 Å². The molecule has 1 amide bonds. The minimum Gasteiger partial charge on any atom is -0.365 e. The summed E-state index contributed by atoms with van der Waals surface area (Å²) in [6.07, 6.45) is -3.38. The van der Waals surface area contributed by atoms with Crippen LogP contribution in [0.1, 0.15) is 37.0 Å². The summed E-state index contributed by atoms with van der Waals surface area (Å²) in [7, 11) is 0. The highest BCUT2D eigenvalue weighted by Gasteiger charge is 2.42. The van der Waals surface area contributed by atoms with Gasteiger partial charge in [0.05, 0.1) is 17.5 Å². The van der Waals surface area contributed by atoms with E-state index in [4.69, 9.17) is 0 Å². The molecule has 2 aliphatic heterocycles. The Bertz CT molecular complexity index is 992. The van der Waals surface area contributed by atoms with Crippen molar-refractivity contribution in [3.63, 3.8) is 0 Å². The Morgan fingerprint density at radius 1 is 1.15 bits per heavy atom. The molecule has 0 aromatic heterocycles. The van der Waals surface area contributed by atoms with Gasteiger partial charge in [-0.2, -0.15) is 13.2 Å². The molecular formula is C25H29F4N3O. The number of carbonyl (C=O) groups is 1. The third kappa shape index (κ3) is 5.16. The van der Waals surface area contributed by atoms with Gasteiger partial charge >= 0.3 is 6.18 Å². The molecule has 33 heavy (non-hydrogen) atoms. The summed E-state index contributed by atoms with van der Waals surface area (Å²) >= 11 is 0. The van der Waals surface area contributed by atoms with Gasteiger partial charge in [0.15, 0.2) is 0 Å². The van der Waals surface area contributed by atoms with Gasteiger partial charge in [-0.25, -0.2) is 4.39 Å². The van der Waals surface area contributed by atoms with Gasteiger partial charge in [0.2, 0.25) is 5.91 Å². The summed E-state index contributed by atoms with van der Waals surface area (Å²) in [5, 5.41) is 3.03. The van der Waals surface area contributed by atoms with E-state index < -0.39 is 17.7 Å². The number of anilines is 1. The molecule has 1 N–H and O–H groups in total. The fourth-order valence-electron chi connectivity index (χ4n) is 4.80. The van der Waals surface area contributed by atoms with Crippen LogP contribution in [0, 0.1) is 11.7 Å². The Morgan fingerprint density at radius 2 is 1.88 bits per heavy atom. The van der Waals surface area contributed by atoms with E-state index in [1.54, 1.807) is 18.2 Å².